The molecule has 2 aromatic rings. The van der Waals surface area contributed by atoms with Gasteiger partial charge in [0, 0.05) is 18.9 Å². The van der Waals surface area contributed by atoms with Crippen molar-refractivity contribution in [3.8, 4) is 0 Å². The number of sulfonamides is 1. The maximum atomic E-state index is 13.0. The van der Waals surface area contributed by atoms with Crippen molar-refractivity contribution in [1.29, 1.82) is 0 Å². The maximum absolute atomic E-state index is 13.0. The minimum absolute atomic E-state index is 0.00416. The molecule has 108 valence electrons. The summed E-state index contributed by atoms with van der Waals surface area (Å²) in [6.07, 6.45) is 1.37. The molecule has 0 atom stereocenters. The molecule has 0 saturated heterocycles. The van der Waals surface area contributed by atoms with E-state index in [0.717, 1.165) is 6.07 Å². The molecule has 2 rings (SSSR count). The van der Waals surface area contributed by atoms with Gasteiger partial charge >= 0.3 is 0 Å². The minimum atomic E-state index is -3.82. The monoisotopic (exact) mass is 318 g/mol. The van der Waals surface area contributed by atoms with E-state index in [1.165, 1.54) is 29.0 Å². The normalized spacial score (nSPS) is 11.6. The van der Waals surface area contributed by atoms with E-state index in [1.54, 1.807) is 7.05 Å². The lowest BCUT2D eigenvalue weighted by Gasteiger charge is -2.07. The van der Waals surface area contributed by atoms with Gasteiger partial charge in [-0.25, -0.2) is 12.8 Å². The third-order valence-electron chi connectivity index (χ3n) is 2.73. The number of rotatable bonds is 4. The van der Waals surface area contributed by atoms with Crippen LogP contribution < -0.4 is 4.72 Å². The molecule has 1 heterocycles. The van der Waals surface area contributed by atoms with Crippen LogP contribution >= 0.6 is 11.6 Å². The van der Waals surface area contributed by atoms with Crippen LogP contribution in [0.4, 0.5) is 10.1 Å². The van der Waals surface area contributed by atoms with E-state index in [0.29, 0.717) is 5.69 Å². The van der Waals surface area contributed by atoms with Crippen molar-refractivity contribution in [2.24, 2.45) is 7.05 Å². The molecule has 0 saturated carbocycles. The summed E-state index contributed by atoms with van der Waals surface area (Å²) >= 11 is 5.59. The second-order valence-corrected chi connectivity index (χ2v) is 6.26. The first-order valence-electron chi connectivity index (χ1n) is 5.57. The second kappa shape index (κ2) is 5.43. The molecule has 0 amide bonds. The van der Waals surface area contributed by atoms with E-state index in [9.17, 15) is 12.8 Å². The lowest BCUT2D eigenvalue weighted by atomic mass is 10.3. The fraction of sp³-hybridized carbons (Fsp3) is 0.167. The molecule has 0 fully saturated rings. The Balaban J connectivity index is 2.32. The Labute approximate surface area is 120 Å². The number of hydrogen-bond acceptors (Lipinski definition) is 3. The molecule has 0 aliphatic heterocycles. The van der Waals surface area contributed by atoms with Crippen LogP contribution in [-0.4, -0.2) is 18.1 Å². The summed E-state index contributed by atoms with van der Waals surface area (Å²) in [5.41, 5.74) is 0.619. The average molecular weight is 319 g/mol. The lowest BCUT2D eigenvalue weighted by Crippen LogP contribution is -2.12. The Morgan fingerprint density at radius 3 is 2.65 bits per heavy atom. The van der Waals surface area contributed by atoms with Crippen LogP contribution in [0.2, 0.25) is 5.02 Å². The number of nitrogens with one attached hydrogen (secondary N) is 1. The van der Waals surface area contributed by atoms with Crippen molar-refractivity contribution in [3.63, 3.8) is 0 Å². The molecule has 8 heteroatoms. The van der Waals surface area contributed by atoms with Gasteiger partial charge in [-0.15, -0.1) is 0 Å². The molecule has 2 N–H and O–H groups in total. The van der Waals surface area contributed by atoms with Crippen LogP contribution in [0.15, 0.2) is 35.4 Å². The van der Waals surface area contributed by atoms with Gasteiger partial charge in [0.05, 0.1) is 17.3 Å². The van der Waals surface area contributed by atoms with Crippen molar-refractivity contribution >= 4 is 27.3 Å². The number of aryl methyl sites for hydroxylation is 1. The summed E-state index contributed by atoms with van der Waals surface area (Å²) in [6, 6.07) is 4.89. The molecule has 0 aliphatic carbocycles. The summed E-state index contributed by atoms with van der Waals surface area (Å²) in [5, 5.41) is 8.89. The molecule has 1 aromatic carbocycles. The Hall–Kier alpha value is -1.57. The first-order chi connectivity index (χ1) is 9.33. The second-order valence-electron chi connectivity index (χ2n) is 4.17. The Morgan fingerprint density at radius 2 is 2.10 bits per heavy atom. The van der Waals surface area contributed by atoms with Gasteiger partial charge in [0.25, 0.3) is 10.0 Å². The van der Waals surface area contributed by atoms with E-state index >= 15 is 0 Å². The van der Waals surface area contributed by atoms with Gasteiger partial charge in [-0.2, -0.15) is 0 Å². The third-order valence-corrected chi connectivity index (χ3v) is 4.36. The highest BCUT2D eigenvalue weighted by molar-refractivity contribution is 7.92. The van der Waals surface area contributed by atoms with E-state index < -0.39 is 15.8 Å². The molecule has 0 radical (unpaired) electrons. The quantitative estimate of drug-likeness (QED) is 0.907. The number of aliphatic hydroxyl groups excluding tert-OH is 1. The third kappa shape index (κ3) is 2.95. The fourth-order valence-electron chi connectivity index (χ4n) is 1.65. The summed E-state index contributed by atoms with van der Waals surface area (Å²) in [7, 11) is -2.19. The zero-order chi connectivity index (χ0) is 14.9. The summed E-state index contributed by atoms with van der Waals surface area (Å²) in [5.74, 6) is -0.628. The highest BCUT2D eigenvalue weighted by Gasteiger charge is 2.18. The predicted molar refractivity (Wildman–Crippen MR) is 73.6 cm³/mol. The molecule has 1 aromatic heterocycles. The number of benzene rings is 1. The molecule has 0 aliphatic rings. The average Bonchev–Trinajstić information content (AvgIpc) is 2.76. The maximum Gasteiger partial charge on any atom is 0.263 e. The van der Waals surface area contributed by atoms with Gasteiger partial charge in [-0.1, -0.05) is 11.6 Å². The predicted octanol–water partition coefficient (Wildman–Crippen LogP) is 2.11. The molecule has 0 unspecified atom stereocenters. The molecule has 5 nitrogen and oxygen atoms in total. The van der Waals surface area contributed by atoms with Gasteiger partial charge in [-0.3, -0.25) is 4.72 Å². The van der Waals surface area contributed by atoms with E-state index in [1.807, 2.05) is 0 Å². The number of aromatic nitrogens is 1. The largest absolute Gasteiger partial charge is 0.390 e. The number of hydrogen-bond donors (Lipinski definition) is 2. The highest BCUT2D eigenvalue weighted by atomic mass is 35.5. The summed E-state index contributed by atoms with van der Waals surface area (Å²) in [4.78, 5) is 0.00416. The van der Waals surface area contributed by atoms with Crippen molar-refractivity contribution in [2.75, 3.05) is 4.72 Å². The Bertz CT molecular complexity index is 743. The Kier molecular flexibility index (Phi) is 4.03. The van der Waals surface area contributed by atoms with Crippen LogP contribution in [0.1, 0.15) is 5.69 Å². The number of anilines is 1. The highest BCUT2D eigenvalue weighted by Crippen LogP contribution is 2.22. The molecule has 0 spiro atoms. The molecular formula is C12H12ClFN2O3S. The Morgan fingerprint density at radius 1 is 1.40 bits per heavy atom. The lowest BCUT2D eigenvalue weighted by molar-refractivity contribution is 0.272. The van der Waals surface area contributed by atoms with E-state index in [2.05, 4.69) is 4.72 Å². The summed E-state index contributed by atoms with van der Waals surface area (Å²) < 4.78 is 41.1. The molecule has 20 heavy (non-hydrogen) atoms. The van der Waals surface area contributed by atoms with Crippen molar-refractivity contribution in [2.45, 2.75) is 11.5 Å². The van der Waals surface area contributed by atoms with Crippen LogP contribution in [0.5, 0.6) is 0 Å². The molecule has 0 bridgehead atoms. The van der Waals surface area contributed by atoms with Gasteiger partial charge in [0.15, 0.2) is 0 Å². The zero-order valence-corrected chi connectivity index (χ0v) is 12.0. The van der Waals surface area contributed by atoms with Gasteiger partial charge in [0.2, 0.25) is 0 Å². The number of nitrogens with zero attached hydrogens (tertiary/aromatic N) is 1. The van der Waals surface area contributed by atoms with Crippen LogP contribution in [0, 0.1) is 5.82 Å². The minimum Gasteiger partial charge on any atom is -0.390 e. The zero-order valence-electron chi connectivity index (χ0n) is 10.5. The smallest absolute Gasteiger partial charge is 0.263 e. The number of aliphatic hydroxyl groups is 1. The van der Waals surface area contributed by atoms with Crippen molar-refractivity contribution in [1.82, 2.24) is 4.57 Å². The van der Waals surface area contributed by atoms with E-state index in [-0.39, 0.29) is 22.2 Å². The first kappa shape index (κ1) is 14.8. The SMILES string of the molecule is Cn1cc(S(=O)(=O)Nc2ccc(F)c(Cl)c2)cc1CO. The van der Waals surface area contributed by atoms with Gasteiger partial charge < -0.3 is 9.67 Å². The van der Waals surface area contributed by atoms with Crippen molar-refractivity contribution in [3.05, 3.63) is 47.0 Å². The fourth-order valence-corrected chi connectivity index (χ4v) is 2.98. The van der Waals surface area contributed by atoms with Crippen LogP contribution in [0.3, 0.4) is 0 Å². The topological polar surface area (TPSA) is 71.3 Å². The molecular weight excluding hydrogens is 307 g/mol. The standard InChI is InChI=1S/C12H12ClFN2O3S/c1-16-6-10(5-9(16)7-17)20(18,19)15-8-2-3-12(14)11(13)4-8/h2-6,15,17H,7H2,1H3. The van der Waals surface area contributed by atoms with Crippen LogP contribution in [0.25, 0.3) is 0 Å². The summed E-state index contributed by atoms with van der Waals surface area (Å²) in [6.45, 7) is -0.269. The van der Waals surface area contributed by atoms with Crippen LogP contribution in [-0.2, 0) is 23.7 Å². The van der Waals surface area contributed by atoms with E-state index in [4.69, 9.17) is 16.7 Å². The first-order valence-corrected chi connectivity index (χ1v) is 7.43. The number of halogens is 2. The van der Waals surface area contributed by atoms with Gasteiger partial charge in [0.1, 0.15) is 10.7 Å². The van der Waals surface area contributed by atoms with Crippen molar-refractivity contribution < 1.29 is 17.9 Å². The van der Waals surface area contributed by atoms with Gasteiger partial charge in [-0.05, 0) is 24.3 Å².